The molecule has 0 fully saturated rings. The lowest BCUT2D eigenvalue weighted by Crippen LogP contribution is -2.38. The molecule has 21 heavy (non-hydrogen) atoms. The fourth-order valence-corrected chi connectivity index (χ4v) is 2.49. The lowest BCUT2D eigenvalue weighted by molar-refractivity contribution is 0.781. The predicted octanol–water partition coefficient (Wildman–Crippen LogP) is 2.37. The number of aliphatic imine (C=N–C) groups is 1. The molecule has 0 aromatic carbocycles. The van der Waals surface area contributed by atoms with Gasteiger partial charge in [0.05, 0.1) is 17.2 Å². The second-order valence-corrected chi connectivity index (χ2v) is 5.61. The van der Waals surface area contributed by atoms with Gasteiger partial charge in [0.1, 0.15) is 0 Å². The number of rotatable bonds is 5. The highest BCUT2D eigenvalue weighted by molar-refractivity contribution is 14.0. The quantitative estimate of drug-likeness (QED) is 0.446. The summed E-state index contributed by atoms with van der Waals surface area (Å²) in [5.74, 6) is 0.781. The van der Waals surface area contributed by atoms with Crippen molar-refractivity contribution in [1.29, 1.82) is 0 Å². The number of hydrogen-bond donors (Lipinski definition) is 2. The highest BCUT2D eigenvalue weighted by Crippen LogP contribution is 2.10. The van der Waals surface area contributed by atoms with Crippen LogP contribution in [0, 0.1) is 6.92 Å². The average Bonchev–Trinajstić information content (AvgIpc) is 2.89. The number of nitrogens with zero attached hydrogens (tertiary/aromatic N) is 3. The predicted molar refractivity (Wildman–Crippen MR) is 98.4 cm³/mol. The minimum Gasteiger partial charge on any atom is -0.356 e. The molecule has 0 aliphatic rings. The van der Waals surface area contributed by atoms with Gasteiger partial charge in [-0.05, 0) is 19.1 Å². The second kappa shape index (κ2) is 9.67. The van der Waals surface area contributed by atoms with E-state index in [4.69, 9.17) is 0 Å². The highest BCUT2D eigenvalue weighted by Gasteiger charge is 2.01. The van der Waals surface area contributed by atoms with Crippen LogP contribution in [-0.2, 0) is 13.0 Å². The number of nitrogens with one attached hydrogen (secondary N) is 2. The van der Waals surface area contributed by atoms with Crippen molar-refractivity contribution < 1.29 is 0 Å². The maximum atomic E-state index is 4.34. The molecule has 2 aromatic rings. The van der Waals surface area contributed by atoms with Gasteiger partial charge in [0.15, 0.2) is 5.96 Å². The van der Waals surface area contributed by atoms with E-state index in [9.17, 15) is 0 Å². The Morgan fingerprint density at radius 1 is 1.29 bits per heavy atom. The summed E-state index contributed by atoms with van der Waals surface area (Å²) >= 11 is 1.74. The first-order chi connectivity index (χ1) is 9.78. The minimum absolute atomic E-state index is 0. The molecule has 0 spiro atoms. The SMILES string of the molecule is CN=C(NCCc1ncc(C)s1)NCc1ccccn1.I. The standard InChI is InChI=1S/C14H19N5S.HI/c1-11-9-18-13(20-11)6-8-17-14(15-2)19-10-12-5-3-4-7-16-12;/h3-5,7,9H,6,8,10H2,1-2H3,(H2,15,17,19);1H. The zero-order valence-electron chi connectivity index (χ0n) is 12.2. The van der Waals surface area contributed by atoms with E-state index in [0.717, 1.165) is 29.6 Å². The van der Waals surface area contributed by atoms with Crippen LogP contribution in [0.25, 0.3) is 0 Å². The van der Waals surface area contributed by atoms with Crippen molar-refractivity contribution in [2.24, 2.45) is 4.99 Å². The average molecular weight is 417 g/mol. The monoisotopic (exact) mass is 417 g/mol. The lowest BCUT2D eigenvalue weighted by atomic mass is 10.3. The van der Waals surface area contributed by atoms with Crippen LogP contribution in [0.3, 0.4) is 0 Å². The molecule has 2 N–H and O–H groups in total. The molecule has 114 valence electrons. The maximum Gasteiger partial charge on any atom is 0.191 e. The molecule has 7 heteroatoms. The lowest BCUT2D eigenvalue weighted by Gasteiger charge is -2.10. The van der Waals surface area contributed by atoms with Gasteiger partial charge in [-0.2, -0.15) is 0 Å². The number of pyridine rings is 1. The summed E-state index contributed by atoms with van der Waals surface area (Å²) in [5.41, 5.74) is 0.992. The molecule has 0 saturated heterocycles. The van der Waals surface area contributed by atoms with E-state index in [1.54, 1.807) is 24.6 Å². The van der Waals surface area contributed by atoms with E-state index in [-0.39, 0.29) is 24.0 Å². The smallest absolute Gasteiger partial charge is 0.191 e. The molecule has 2 heterocycles. The highest BCUT2D eigenvalue weighted by atomic mass is 127. The molecule has 0 bridgehead atoms. The Labute approximate surface area is 146 Å². The van der Waals surface area contributed by atoms with Crippen molar-refractivity contribution in [3.63, 3.8) is 0 Å². The Bertz CT molecular complexity index is 556. The molecule has 2 rings (SSSR count). The molecule has 0 aliphatic carbocycles. The number of aromatic nitrogens is 2. The zero-order valence-corrected chi connectivity index (χ0v) is 15.3. The first-order valence-corrected chi connectivity index (χ1v) is 7.35. The third-order valence-electron chi connectivity index (χ3n) is 2.69. The van der Waals surface area contributed by atoms with E-state index in [2.05, 4.69) is 32.5 Å². The summed E-state index contributed by atoms with van der Waals surface area (Å²) in [6, 6.07) is 5.87. The van der Waals surface area contributed by atoms with Gasteiger partial charge in [0.25, 0.3) is 0 Å². The van der Waals surface area contributed by atoms with Crippen LogP contribution >= 0.6 is 35.3 Å². The van der Waals surface area contributed by atoms with Crippen LogP contribution < -0.4 is 10.6 Å². The van der Waals surface area contributed by atoms with Gasteiger partial charge in [0.2, 0.25) is 0 Å². The topological polar surface area (TPSA) is 62.2 Å². The van der Waals surface area contributed by atoms with E-state index in [1.807, 2.05) is 24.4 Å². The summed E-state index contributed by atoms with van der Waals surface area (Å²) in [6.07, 6.45) is 4.61. The van der Waals surface area contributed by atoms with E-state index >= 15 is 0 Å². The number of guanidine groups is 1. The Balaban J connectivity index is 0.00000220. The van der Waals surface area contributed by atoms with Crippen LogP contribution in [0.15, 0.2) is 35.6 Å². The summed E-state index contributed by atoms with van der Waals surface area (Å²) < 4.78 is 0. The maximum absolute atomic E-state index is 4.34. The van der Waals surface area contributed by atoms with Crippen molar-refractivity contribution in [1.82, 2.24) is 20.6 Å². The summed E-state index contributed by atoms with van der Waals surface area (Å²) in [4.78, 5) is 14.0. The minimum atomic E-state index is 0. The largest absolute Gasteiger partial charge is 0.356 e. The third-order valence-corrected chi connectivity index (χ3v) is 3.66. The van der Waals surface area contributed by atoms with Gasteiger partial charge >= 0.3 is 0 Å². The normalized spacial score (nSPS) is 10.9. The fraction of sp³-hybridized carbons (Fsp3) is 0.357. The summed E-state index contributed by atoms with van der Waals surface area (Å²) in [5, 5.41) is 7.66. The number of aryl methyl sites for hydroxylation is 1. The number of halogens is 1. The second-order valence-electron chi connectivity index (χ2n) is 4.29. The molecule has 5 nitrogen and oxygen atoms in total. The molecule has 0 atom stereocenters. The molecule has 2 aromatic heterocycles. The molecular formula is C14H20IN5S. The summed E-state index contributed by atoms with van der Waals surface area (Å²) in [6.45, 7) is 3.55. The van der Waals surface area contributed by atoms with Crippen LogP contribution in [0.5, 0.6) is 0 Å². The van der Waals surface area contributed by atoms with Crippen molar-refractivity contribution in [2.45, 2.75) is 19.9 Å². The molecule has 0 saturated carbocycles. The molecular weight excluding hydrogens is 397 g/mol. The molecule has 0 unspecified atom stereocenters. The van der Waals surface area contributed by atoms with E-state index < -0.39 is 0 Å². The van der Waals surface area contributed by atoms with Crippen molar-refractivity contribution in [2.75, 3.05) is 13.6 Å². The first kappa shape index (κ1) is 17.8. The van der Waals surface area contributed by atoms with Crippen LogP contribution in [0.4, 0.5) is 0 Å². The van der Waals surface area contributed by atoms with E-state index in [1.165, 1.54) is 4.88 Å². The van der Waals surface area contributed by atoms with Crippen LogP contribution in [0.1, 0.15) is 15.6 Å². The van der Waals surface area contributed by atoms with Gasteiger partial charge in [-0.25, -0.2) is 4.98 Å². The Hall–Kier alpha value is -1.22. The Morgan fingerprint density at radius 2 is 2.14 bits per heavy atom. The number of hydrogen-bond acceptors (Lipinski definition) is 4. The van der Waals surface area contributed by atoms with E-state index in [0.29, 0.717) is 6.54 Å². The number of thiazole rings is 1. The Kier molecular flexibility index (Phi) is 8.21. The van der Waals surface area contributed by atoms with Gasteiger partial charge in [-0.3, -0.25) is 9.98 Å². The van der Waals surface area contributed by atoms with Crippen LogP contribution in [-0.4, -0.2) is 29.5 Å². The zero-order chi connectivity index (χ0) is 14.2. The van der Waals surface area contributed by atoms with Gasteiger partial charge < -0.3 is 10.6 Å². The van der Waals surface area contributed by atoms with Gasteiger partial charge in [-0.1, -0.05) is 6.07 Å². The third kappa shape index (κ3) is 6.38. The summed E-state index contributed by atoms with van der Waals surface area (Å²) in [7, 11) is 1.77. The van der Waals surface area contributed by atoms with Crippen molar-refractivity contribution >= 4 is 41.3 Å². The van der Waals surface area contributed by atoms with Crippen molar-refractivity contribution in [3.8, 4) is 0 Å². The van der Waals surface area contributed by atoms with Crippen molar-refractivity contribution in [3.05, 3.63) is 46.2 Å². The molecule has 0 aliphatic heterocycles. The molecule has 0 amide bonds. The fourth-order valence-electron chi connectivity index (χ4n) is 1.70. The van der Waals surface area contributed by atoms with Crippen LogP contribution in [0.2, 0.25) is 0 Å². The Morgan fingerprint density at radius 3 is 2.76 bits per heavy atom. The van der Waals surface area contributed by atoms with Gasteiger partial charge in [0, 0.05) is 37.3 Å². The first-order valence-electron chi connectivity index (χ1n) is 6.53. The molecule has 0 radical (unpaired) electrons. The van der Waals surface area contributed by atoms with Gasteiger partial charge in [-0.15, -0.1) is 35.3 Å².